The van der Waals surface area contributed by atoms with Crippen molar-refractivity contribution in [2.24, 2.45) is 11.7 Å². The molecule has 0 amide bonds. The molecule has 0 radical (unpaired) electrons. The van der Waals surface area contributed by atoms with E-state index >= 15 is 0 Å². The molecule has 1 aromatic rings. The smallest absolute Gasteiger partial charge is 0.180 e. The van der Waals surface area contributed by atoms with Gasteiger partial charge in [-0.25, -0.2) is 0 Å². The Bertz CT molecular complexity index is 448. The highest BCUT2D eigenvalue weighted by atomic mass is 16.7. The number of methoxy groups -OCH3 is 2. The number of anilines is 1. The van der Waals surface area contributed by atoms with Crippen LogP contribution in [0.15, 0.2) is 24.3 Å². The number of hydrogen-bond acceptors (Lipinski definition) is 4. The monoisotopic (exact) mass is 278 g/mol. The molecular formula is C16H26N2O2. The lowest BCUT2D eigenvalue weighted by atomic mass is 9.88. The molecule has 2 atom stereocenters. The third-order valence-electron chi connectivity index (χ3n) is 4.31. The summed E-state index contributed by atoms with van der Waals surface area (Å²) >= 11 is 0. The summed E-state index contributed by atoms with van der Waals surface area (Å²) in [4.78, 5) is 2.36. The lowest BCUT2D eigenvalue weighted by Crippen LogP contribution is -2.62. The van der Waals surface area contributed by atoms with Gasteiger partial charge in [-0.1, -0.05) is 25.1 Å². The number of nitrogens with zero attached hydrogens (tertiary/aromatic N) is 1. The fourth-order valence-electron chi connectivity index (χ4n) is 3.22. The number of fused-ring (bicyclic) bond motifs is 1. The summed E-state index contributed by atoms with van der Waals surface area (Å²) in [5.41, 5.74) is 8.33. The Morgan fingerprint density at radius 3 is 2.60 bits per heavy atom. The van der Waals surface area contributed by atoms with Gasteiger partial charge in [-0.05, 0) is 30.9 Å². The minimum atomic E-state index is -0.381. The van der Waals surface area contributed by atoms with Crippen molar-refractivity contribution < 1.29 is 9.47 Å². The molecule has 1 aliphatic heterocycles. The number of ether oxygens (including phenoxy) is 2. The van der Waals surface area contributed by atoms with E-state index in [0.717, 1.165) is 13.0 Å². The maximum Gasteiger partial charge on any atom is 0.180 e. The van der Waals surface area contributed by atoms with Crippen molar-refractivity contribution in [1.82, 2.24) is 0 Å². The van der Waals surface area contributed by atoms with Gasteiger partial charge in [-0.2, -0.15) is 0 Å². The minimum Gasteiger partial charge on any atom is -0.359 e. The summed E-state index contributed by atoms with van der Waals surface area (Å²) in [5, 5.41) is 0. The summed E-state index contributed by atoms with van der Waals surface area (Å²) in [5.74, 6) is 0.588. The molecule has 0 aliphatic carbocycles. The molecule has 0 aromatic heterocycles. The van der Waals surface area contributed by atoms with Crippen LogP contribution in [0.1, 0.15) is 19.4 Å². The van der Waals surface area contributed by atoms with E-state index in [2.05, 4.69) is 43.0 Å². The van der Waals surface area contributed by atoms with Crippen LogP contribution in [0.2, 0.25) is 0 Å². The van der Waals surface area contributed by atoms with Crippen LogP contribution in [0.25, 0.3) is 0 Å². The largest absolute Gasteiger partial charge is 0.359 e. The fourth-order valence-corrected chi connectivity index (χ4v) is 3.22. The first kappa shape index (κ1) is 15.3. The fraction of sp³-hybridized carbons (Fsp3) is 0.625. The first-order valence-electron chi connectivity index (χ1n) is 7.18. The molecule has 0 spiro atoms. The molecule has 1 aromatic carbocycles. The molecule has 4 nitrogen and oxygen atoms in total. The van der Waals surface area contributed by atoms with Gasteiger partial charge >= 0.3 is 0 Å². The van der Waals surface area contributed by atoms with Gasteiger partial charge in [0.25, 0.3) is 0 Å². The van der Waals surface area contributed by atoms with Crippen LogP contribution in [0, 0.1) is 5.92 Å². The van der Waals surface area contributed by atoms with Crippen molar-refractivity contribution in [3.63, 3.8) is 0 Å². The van der Waals surface area contributed by atoms with E-state index in [-0.39, 0.29) is 11.8 Å². The van der Waals surface area contributed by atoms with Crippen LogP contribution in [-0.2, 0) is 15.9 Å². The molecule has 0 saturated carbocycles. The molecule has 112 valence electrons. The molecule has 0 bridgehead atoms. The second kappa shape index (κ2) is 6.12. The van der Waals surface area contributed by atoms with Gasteiger partial charge in [0.2, 0.25) is 0 Å². The van der Waals surface area contributed by atoms with E-state index in [4.69, 9.17) is 15.2 Å². The van der Waals surface area contributed by atoms with E-state index in [1.54, 1.807) is 14.2 Å². The van der Waals surface area contributed by atoms with Gasteiger partial charge in [0, 0.05) is 33.0 Å². The van der Waals surface area contributed by atoms with Crippen LogP contribution in [0.5, 0.6) is 0 Å². The third kappa shape index (κ3) is 2.55. The minimum absolute atomic E-state index is 0.356. The number of hydrogen-bond donors (Lipinski definition) is 1. The second-order valence-corrected chi connectivity index (χ2v) is 5.91. The Labute approximate surface area is 121 Å². The zero-order valence-corrected chi connectivity index (χ0v) is 12.9. The van der Waals surface area contributed by atoms with E-state index in [1.807, 2.05) is 0 Å². The molecule has 1 aliphatic rings. The highest BCUT2D eigenvalue weighted by Gasteiger charge is 2.42. The van der Waals surface area contributed by atoms with E-state index < -0.39 is 0 Å². The Hall–Kier alpha value is -1.10. The van der Waals surface area contributed by atoms with Crippen molar-refractivity contribution in [2.75, 3.05) is 32.2 Å². The second-order valence-electron chi connectivity index (χ2n) is 5.91. The van der Waals surface area contributed by atoms with Gasteiger partial charge in [-0.3, -0.25) is 0 Å². The average molecular weight is 278 g/mol. The Kier molecular flexibility index (Phi) is 4.68. The van der Waals surface area contributed by atoms with Crippen molar-refractivity contribution in [3.8, 4) is 0 Å². The summed E-state index contributed by atoms with van der Waals surface area (Å²) in [6.45, 7) is 5.82. The standard InChI is InChI=1S/C16H26N2O2/c1-12-9-13-7-5-6-8-14(13)18(10-12)16(2,11-17)15(19-3)20-4/h5-8,12,15H,9-11,17H2,1-4H3. The lowest BCUT2D eigenvalue weighted by Gasteiger charge is -2.49. The summed E-state index contributed by atoms with van der Waals surface area (Å²) in [7, 11) is 3.34. The van der Waals surface area contributed by atoms with Gasteiger partial charge in [-0.15, -0.1) is 0 Å². The van der Waals surface area contributed by atoms with Crippen LogP contribution in [0.4, 0.5) is 5.69 Å². The maximum atomic E-state index is 6.09. The summed E-state index contributed by atoms with van der Waals surface area (Å²) in [6.07, 6.45) is 0.753. The summed E-state index contributed by atoms with van der Waals surface area (Å²) in [6, 6.07) is 8.54. The molecule has 0 fully saturated rings. The third-order valence-corrected chi connectivity index (χ3v) is 4.31. The normalized spacial score (nSPS) is 21.7. The Morgan fingerprint density at radius 1 is 1.35 bits per heavy atom. The Morgan fingerprint density at radius 2 is 2.00 bits per heavy atom. The van der Waals surface area contributed by atoms with Gasteiger partial charge in [0.1, 0.15) is 5.54 Å². The van der Waals surface area contributed by atoms with Gasteiger partial charge in [0.05, 0.1) is 0 Å². The van der Waals surface area contributed by atoms with Crippen LogP contribution in [0.3, 0.4) is 0 Å². The van der Waals surface area contributed by atoms with Crippen LogP contribution >= 0.6 is 0 Å². The van der Waals surface area contributed by atoms with Crippen LogP contribution < -0.4 is 10.6 Å². The predicted molar refractivity (Wildman–Crippen MR) is 81.9 cm³/mol. The zero-order valence-electron chi connectivity index (χ0n) is 12.9. The number of para-hydroxylation sites is 1. The van der Waals surface area contributed by atoms with Crippen molar-refractivity contribution in [1.29, 1.82) is 0 Å². The molecule has 4 heteroatoms. The lowest BCUT2D eigenvalue weighted by molar-refractivity contribution is -0.142. The van der Waals surface area contributed by atoms with Crippen molar-refractivity contribution in [3.05, 3.63) is 29.8 Å². The van der Waals surface area contributed by atoms with E-state index in [9.17, 15) is 0 Å². The SMILES string of the molecule is COC(OC)C(C)(CN)N1CC(C)Cc2ccccc21. The van der Waals surface area contributed by atoms with E-state index in [1.165, 1.54) is 11.3 Å². The maximum absolute atomic E-state index is 6.09. The average Bonchev–Trinajstić information content (AvgIpc) is 2.47. The quantitative estimate of drug-likeness (QED) is 0.837. The van der Waals surface area contributed by atoms with Gasteiger partial charge < -0.3 is 20.1 Å². The van der Waals surface area contributed by atoms with Gasteiger partial charge in [0.15, 0.2) is 6.29 Å². The molecule has 20 heavy (non-hydrogen) atoms. The zero-order chi connectivity index (χ0) is 14.8. The van der Waals surface area contributed by atoms with E-state index in [0.29, 0.717) is 12.5 Å². The molecule has 2 rings (SSSR count). The topological polar surface area (TPSA) is 47.7 Å². The molecule has 2 N–H and O–H groups in total. The number of benzene rings is 1. The summed E-state index contributed by atoms with van der Waals surface area (Å²) < 4.78 is 11.0. The Balaban J connectivity index is 2.44. The van der Waals surface area contributed by atoms with Crippen molar-refractivity contribution in [2.45, 2.75) is 32.1 Å². The van der Waals surface area contributed by atoms with Crippen LogP contribution in [-0.4, -0.2) is 39.1 Å². The predicted octanol–water partition coefficient (Wildman–Crippen LogP) is 2.02. The molecular weight excluding hydrogens is 252 g/mol. The highest BCUT2D eigenvalue weighted by molar-refractivity contribution is 5.58. The molecule has 2 unspecified atom stereocenters. The first-order chi connectivity index (χ1) is 9.56. The number of nitrogens with two attached hydrogens (primary N) is 1. The first-order valence-corrected chi connectivity index (χ1v) is 7.18. The highest BCUT2D eigenvalue weighted by Crippen LogP contribution is 2.36. The molecule has 1 heterocycles. The van der Waals surface area contributed by atoms with Crippen molar-refractivity contribution >= 4 is 5.69 Å². The number of rotatable bonds is 5. The molecule has 0 saturated heterocycles.